The van der Waals surface area contributed by atoms with Gasteiger partial charge in [0, 0.05) is 39.3 Å². The van der Waals surface area contributed by atoms with E-state index in [2.05, 4.69) is 16.8 Å². The highest BCUT2D eigenvalue weighted by Gasteiger charge is 2.46. The first-order valence-electron chi connectivity index (χ1n) is 14.9. The van der Waals surface area contributed by atoms with Crippen molar-refractivity contribution in [2.75, 3.05) is 0 Å². The van der Waals surface area contributed by atoms with Gasteiger partial charge in [-0.1, -0.05) is 30.0 Å². The highest BCUT2D eigenvalue weighted by Crippen LogP contribution is 2.56. The number of hydrogen-bond donors (Lipinski definition) is 2. The van der Waals surface area contributed by atoms with Crippen LogP contribution >= 0.6 is 22.7 Å². The predicted octanol–water partition coefficient (Wildman–Crippen LogP) is 6.74. The average molecular weight is 673 g/mol. The maximum absolute atomic E-state index is 15.1. The molecule has 2 aliphatic rings. The van der Waals surface area contributed by atoms with E-state index < -0.39 is 26.7 Å². The maximum atomic E-state index is 15.1. The van der Waals surface area contributed by atoms with Crippen LogP contribution in [0.5, 0.6) is 0 Å². The van der Waals surface area contributed by atoms with Gasteiger partial charge in [0.05, 0.1) is 16.3 Å². The molecule has 0 unspecified atom stereocenters. The van der Waals surface area contributed by atoms with Gasteiger partial charge in [0.25, 0.3) is 0 Å². The van der Waals surface area contributed by atoms with Crippen LogP contribution in [0.25, 0.3) is 16.4 Å². The zero-order valence-corrected chi connectivity index (χ0v) is 27.2. The van der Waals surface area contributed by atoms with E-state index in [1.807, 2.05) is 43.3 Å². The highest BCUT2D eigenvalue weighted by molar-refractivity contribution is 7.89. The number of carbonyl (C=O) groups is 1. The molecule has 3 N–H and O–H groups in total. The summed E-state index contributed by atoms with van der Waals surface area (Å²) in [6.07, 6.45) is 4.62. The number of benzene rings is 2. The van der Waals surface area contributed by atoms with Gasteiger partial charge < -0.3 is 5.11 Å². The molecule has 2 fully saturated rings. The van der Waals surface area contributed by atoms with Crippen LogP contribution in [0.15, 0.2) is 64.9 Å². The molecule has 8 nitrogen and oxygen atoms in total. The zero-order chi connectivity index (χ0) is 32.2. The fraction of sp³-hybridized carbons (Fsp3) is 0.265. The summed E-state index contributed by atoms with van der Waals surface area (Å²) < 4.78 is 40.7. The second kappa shape index (κ2) is 11.9. The van der Waals surface area contributed by atoms with Gasteiger partial charge in [-0.15, -0.1) is 22.7 Å². The number of carboxylic acid groups (broad SMARTS) is 1. The molecule has 7 rings (SSSR count). The number of halogens is 1. The van der Waals surface area contributed by atoms with Crippen LogP contribution in [-0.2, 0) is 16.4 Å². The fourth-order valence-corrected chi connectivity index (χ4v) is 8.10. The summed E-state index contributed by atoms with van der Waals surface area (Å²) in [5, 5.41) is 21.9. The number of rotatable bonds is 9. The average Bonchev–Trinajstić information content (AvgIpc) is 3.90. The van der Waals surface area contributed by atoms with Crippen molar-refractivity contribution in [3.63, 3.8) is 0 Å². The lowest BCUT2D eigenvalue weighted by molar-refractivity contribution is 0.0691. The van der Waals surface area contributed by atoms with Crippen molar-refractivity contribution in [3.05, 3.63) is 104 Å². The Kier molecular flexibility index (Phi) is 7.89. The molecule has 0 amide bonds. The third-order valence-corrected chi connectivity index (χ3v) is 11.1. The van der Waals surface area contributed by atoms with E-state index in [9.17, 15) is 18.3 Å². The van der Waals surface area contributed by atoms with Crippen molar-refractivity contribution < 1.29 is 22.7 Å². The number of aromatic carboxylic acids is 1. The van der Waals surface area contributed by atoms with Crippen LogP contribution in [-0.4, -0.2) is 34.3 Å². The molecule has 12 heteroatoms. The smallest absolute Gasteiger partial charge is 0.355 e. The molecule has 234 valence electrons. The summed E-state index contributed by atoms with van der Waals surface area (Å²) in [6, 6.07) is 15.8. The van der Waals surface area contributed by atoms with E-state index in [4.69, 9.17) is 10.2 Å². The monoisotopic (exact) mass is 672 g/mol. The minimum atomic E-state index is -4.23. The number of nitrogens with zero attached hydrogens (tertiary/aromatic N) is 3. The first-order chi connectivity index (χ1) is 22.0. The van der Waals surface area contributed by atoms with Crippen molar-refractivity contribution >= 4 is 38.7 Å². The third kappa shape index (κ3) is 6.28. The molecule has 2 aromatic carbocycles. The van der Waals surface area contributed by atoms with Crippen molar-refractivity contribution in [2.45, 2.75) is 49.8 Å². The molecule has 46 heavy (non-hydrogen) atoms. The summed E-state index contributed by atoms with van der Waals surface area (Å²) in [6.45, 7) is 2.04. The van der Waals surface area contributed by atoms with Crippen molar-refractivity contribution in [1.29, 1.82) is 0 Å². The zero-order valence-electron chi connectivity index (χ0n) is 24.7. The van der Waals surface area contributed by atoms with E-state index >= 15 is 4.39 Å². The van der Waals surface area contributed by atoms with Crippen molar-refractivity contribution in [1.82, 2.24) is 14.8 Å². The summed E-state index contributed by atoms with van der Waals surface area (Å²) in [7, 11) is -4.23. The van der Waals surface area contributed by atoms with Crippen LogP contribution in [0.3, 0.4) is 0 Å². The Balaban J connectivity index is 1.41. The number of primary sulfonamides is 1. The Bertz CT molecular complexity index is 2150. The molecule has 2 saturated carbocycles. The second-order valence-electron chi connectivity index (χ2n) is 11.9. The van der Waals surface area contributed by atoms with Crippen LogP contribution in [0.1, 0.15) is 74.2 Å². The van der Waals surface area contributed by atoms with Gasteiger partial charge in [-0.3, -0.25) is 0 Å². The number of sulfonamides is 1. The van der Waals surface area contributed by atoms with Crippen molar-refractivity contribution in [2.24, 2.45) is 17.0 Å². The largest absolute Gasteiger partial charge is 0.476 e. The summed E-state index contributed by atoms with van der Waals surface area (Å²) >= 11 is 2.84. The lowest BCUT2D eigenvalue weighted by Crippen LogP contribution is -2.15. The first-order valence-corrected chi connectivity index (χ1v) is 18.1. The predicted molar refractivity (Wildman–Crippen MR) is 175 cm³/mol. The SMILES string of the molecule is Cc1ccc(C#Cc2cccc(-c3nn(-c4nc(C(=O)O)cs4)c(C(C4CC4)C4CC4)c3Cc3ccc(S(N)(=O)=O)c(F)c3)c2)s1. The number of hydrogen-bond acceptors (Lipinski definition) is 7. The highest BCUT2D eigenvalue weighted by atomic mass is 32.2. The topological polar surface area (TPSA) is 128 Å². The van der Waals surface area contributed by atoms with Gasteiger partial charge in [-0.2, -0.15) is 5.10 Å². The molecule has 0 radical (unpaired) electrons. The second-order valence-corrected chi connectivity index (χ2v) is 15.5. The number of thiazole rings is 1. The van der Waals surface area contributed by atoms with Gasteiger partial charge in [0.15, 0.2) is 5.69 Å². The normalized spacial score (nSPS) is 14.8. The summed E-state index contributed by atoms with van der Waals surface area (Å²) in [5.74, 6) is 5.56. The van der Waals surface area contributed by atoms with E-state index in [-0.39, 0.29) is 18.0 Å². The minimum absolute atomic E-state index is 0.0549. The van der Waals surface area contributed by atoms with Gasteiger partial charge in [-0.05, 0) is 86.4 Å². The molecular weight excluding hydrogens is 644 g/mol. The minimum Gasteiger partial charge on any atom is -0.476 e. The number of carboxylic acids is 1. The number of nitrogens with two attached hydrogens (primary N) is 1. The maximum Gasteiger partial charge on any atom is 0.355 e. The lowest BCUT2D eigenvalue weighted by atomic mass is 9.87. The molecule has 0 spiro atoms. The Labute approximate surface area is 273 Å². The molecular formula is C34H29FN4O4S3. The lowest BCUT2D eigenvalue weighted by Gasteiger charge is -2.19. The fourth-order valence-electron chi connectivity index (χ4n) is 6.03. The van der Waals surface area contributed by atoms with Gasteiger partial charge in [0.1, 0.15) is 10.7 Å². The molecule has 2 aliphatic carbocycles. The molecule has 3 aromatic heterocycles. The van der Waals surface area contributed by atoms with Crippen molar-refractivity contribution in [3.8, 4) is 28.2 Å². The molecule has 0 aliphatic heterocycles. The summed E-state index contributed by atoms with van der Waals surface area (Å²) in [4.78, 5) is 17.8. The Hall–Kier alpha value is -4.15. The quantitative estimate of drug-likeness (QED) is 0.167. The van der Waals surface area contributed by atoms with Gasteiger partial charge in [0.2, 0.25) is 15.2 Å². The van der Waals surface area contributed by atoms with Crippen LogP contribution in [0, 0.1) is 36.4 Å². The molecule has 0 saturated heterocycles. The first kappa shape index (κ1) is 30.5. The van der Waals surface area contributed by atoms with Gasteiger partial charge in [-0.25, -0.2) is 32.4 Å². The number of aromatic nitrogens is 3. The molecule has 0 bridgehead atoms. The summed E-state index contributed by atoms with van der Waals surface area (Å²) in [5.41, 5.74) is 4.61. The molecule has 0 atom stereocenters. The Morgan fingerprint density at radius 2 is 1.87 bits per heavy atom. The van der Waals surface area contributed by atoms with E-state index in [1.54, 1.807) is 22.1 Å². The Morgan fingerprint density at radius 1 is 1.11 bits per heavy atom. The van der Waals surface area contributed by atoms with Crippen LogP contribution in [0.4, 0.5) is 4.39 Å². The van der Waals surface area contributed by atoms with E-state index in [1.165, 1.54) is 33.7 Å². The number of thiophene rings is 1. The Morgan fingerprint density at radius 3 is 2.48 bits per heavy atom. The number of aryl methyl sites for hydroxylation is 1. The van der Waals surface area contributed by atoms with Crippen LogP contribution in [0.2, 0.25) is 0 Å². The van der Waals surface area contributed by atoms with E-state index in [0.29, 0.717) is 28.2 Å². The van der Waals surface area contributed by atoms with Gasteiger partial charge >= 0.3 is 5.97 Å². The standard InChI is InChI=1S/C34H29FN4O4S3/c1-19-5-12-25(45-19)13-6-20-3-2-4-24(15-20)31-26(16-21-7-14-29(27(35)17-21)46(36,42)43)32(30(22-8-9-22)23-10-11-23)39(38-31)34-37-28(18-44-34)33(40)41/h2-5,7,12,14-15,17-18,22-23,30H,8-11,16H2,1H3,(H,40,41)(H2,36,42,43). The van der Waals surface area contributed by atoms with Crippen LogP contribution < -0.4 is 5.14 Å². The molecule has 3 heterocycles. The third-order valence-electron chi connectivity index (χ3n) is 8.38. The molecule has 5 aromatic rings. The van der Waals surface area contributed by atoms with E-state index in [0.717, 1.165) is 52.9 Å².